The summed E-state index contributed by atoms with van der Waals surface area (Å²) in [6.45, 7) is 5.58. The zero-order valence-electron chi connectivity index (χ0n) is 14.9. The van der Waals surface area contributed by atoms with E-state index in [-0.39, 0.29) is 12.3 Å². The van der Waals surface area contributed by atoms with Crippen LogP contribution < -0.4 is 5.32 Å². The Hall–Kier alpha value is -3.22. The van der Waals surface area contributed by atoms with Gasteiger partial charge in [0.2, 0.25) is 0 Å². The lowest BCUT2D eigenvalue weighted by Gasteiger charge is -2.07. The van der Waals surface area contributed by atoms with Crippen LogP contribution in [0.15, 0.2) is 30.3 Å². The van der Waals surface area contributed by atoms with Gasteiger partial charge in [-0.1, -0.05) is 12.1 Å². The molecule has 2 N–H and O–H groups in total. The number of hydrogen-bond donors (Lipinski definition) is 2. The Morgan fingerprint density at radius 3 is 2.69 bits per heavy atom. The first-order chi connectivity index (χ1) is 12.3. The van der Waals surface area contributed by atoms with Gasteiger partial charge in [-0.15, -0.1) is 0 Å². The molecule has 0 aliphatic carbocycles. The van der Waals surface area contributed by atoms with Crippen LogP contribution >= 0.6 is 0 Å². The summed E-state index contributed by atoms with van der Waals surface area (Å²) in [6, 6.07) is 9.10. The van der Waals surface area contributed by atoms with Crippen molar-refractivity contribution in [3.63, 3.8) is 0 Å². The maximum absolute atomic E-state index is 12.8. The lowest BCUT2D eigenvalue weighted by atomic mass is 10.1. The molecule has 3 rings (SSSR count). The van der Waals surface area contributed by atoms with Crippen LogP contribution in [0.5, 0.6) is 0 Å². The summed E-state index contributed by atoms with van der Waals surface area (Å²) in [5, 5.41) is 16.1. The second-order valence-electron chi connectivity index (χ2n) is 6.28. The Kier molecular flexibility index (Phi) is 4.71. The summed E-state index contributed by atoms with van der Waals surface area (Å²) < 4.78 is 1.67. The van der Waals surface area contributed by atoms with Crippen molar-refractivity contribution in [3.8, 4) is 0 Å². The molecule has 0 fully saturated rings. The molecule has 7 heteroatoms. The van der Waals surface area contributed by atoms with E-state index in [2.05, 4.69) is 15.4 Å². The zero-order chi connectivity index (χ0) is 18.8. The van der Waals surface area contributed by atoms with Crippen molar-refractivity contribution in [1.82, 2.24) is 14.6 Å². The van der Waals surface area contributed by atoms with Crippen LogP contribution in [0.2, 0.25) is 0 Å². The number of carboxylic acids is 1. The molecule has 0 saturated carbocycles. The first kappa shape index (κ1) is 17.6. The molecular formula is C19H20N4O3. The number of hydrogen-bond acceptors (Lipinski definition) is 4. The number of aryl methyl sites for hydroxylation is 4. The number of aliphatic carboxylic acids is 1. The molecule has 1 aromatic carbocycles. The molecule has 0 unspecified atom stereocenters. The van der Waals surface area contributed by atoms with E-state index in [4.69, 9.17) is 5.11 Å². The first-order valence-electron chi connectivity index (χ1n) is 8.31. The van der Waals surface area contributed by atoms with Crippen LogP contribution in [-0.4, -0.2) is 31.6 Å². The number of carboxylic acid groups (broad SMARTS) is 1. The molecule has 1 amide bonds. The van der Waals surface area contributed by atoms with Gasteiger partial charge >= 0.3 is 5.97 Å². The van der Waals surface area contributed by atoms with E-state index in [1.807, 2.05) is 26.0 Å². The lowest BCUT2D eigenvalue weighted by Crippen LogP contribution is -2.13. The largest absolute Gasteiger partial charge is 0.481 e. The van der Waals surface area contributed by atoms with E-state index in [9.17, 15) is 9.59 Å². The fraction of sp³-hybridized carbons (Fsp3) is 0.263. The Labute approximate surface area is 150 Å². The third kappa shape index (κ3) is 3.56. The predicted molar refractivity (Wildman–Crippen MR) is 97.6 cm³/mol. The quantitative estimate of drug-likeness (QED) is 0.736. The molecule has 0 aliphatic rings. The highest BCUT2D eigenvalue weighted by Crippen LogP contribution is 2.19. The monoisotopic (exact) mass is 352 g/mol. The second-order valence-corrected chi connectivity index (χ2v) is 6.28. The molecule has 26 heavy (non-hydrogen) atoms. The maximum Gasteiger partial charge on any atom is 0.303 e. The normalized spacial score (nSPS) is 10.9. The summed E-state index contributed by atoms with van der Waals surface area (Å²) in [6.07, 6.45) is 0.460. The SMILES string of the molecule is Cc1cc(C)n2nc(C)c(C(=O)Nc3cccc(CCC(=O)O)c3)c2n1. The van der Waals surface area contributed by atoms with Gasteiger partial charge < -0.3 is 10.4 Å². The van der Waals surface area contributed by atoms with Gasteiger partial charge in [0, 0.05) is 23.5 Å². The molecule has 0 radical (unpaired) electrons. The number of nitrogens with zero attached hydrogens (tertiary/aromatic N) is 3. The molecule has 3 aromatic rings. The van der Waals surface area contributed by atoms with E-state index >= 15 is 0 Å². The number of benzene rings is 1. The van der Waals surface area contributed by atoms with E-state index < -0.39 is 5.97 Å². The average Bonchev–Trinajstić information content (AvgIpc) is 2.89. The summed E-state index contributed by atoms with van der Waals surface area (Å²) >= 11 is 0. The zero-order valence-corrected chi connectivity index (χ0v) is 14.9. The molecule has 2 heterocycles. The van der Waals surface area contributed by atoms with Crippen LogP contribution in [0.3, 0.4) is 0 Å². The van der Waals surface area contributed by atoms with Crippen molar-refractivity contribution in [1.29, 1.82) is 0 Å². The van der Waals surface area contributed by atoms with Gasteiger partial charge in [0.05, 0.1) is 5.69 Å². The number of amides is 1. The molecule has 134 valence electrons. The third-order valence-corrected chi connectivity index (χ3v) is 4.11. The summed E-state index contributed by atoms with van der Waals surface area (Å²) in [5.74, 6) is -1.14. The maximum atomic E-state index is 12.8. The van der Waals surface area contributed by atoms with Crippen molar-refractivity contribution in [2.75, 3.05) is 5.32 Å². The molecule has 0 bridgehead atoms. The minimum Gasteiger partial charge on any atom is -0.481 e. The van der Waals surface area contributed by atoms with Crippen molar-refractivity contribution in [3.05, 3.63) is 58.5 Å². The number of aromatic nitrogens is 3. The molecular weight excluding hydrogens is 332 g/mol. The van der Waals surface area contributed by atoms with Gasteiger partial charge in [-0.2, -0.15) is 5.10 Å². The highest BCUT2D eigenvalue weighted by atomic mass is 16.4. The number of nitrogens with one attached hydrogen (secondary N) is 1. The fourth-order valence-corrected chi connectivity index (χ4v) is 2.94. The number of carbonyl (C=O) groups excluding carboxylic acids is 1. The Bertz CT molecular complexity index is 1010. The third-order valence-electron chi connectivity index (χ3n) is 4.11. The highest BCUT2D eigenvalue weighted by Gasteiger charge is 2.20. The molecule has 7 nitrogen and oxygen atoms in total. The average molecular weight is 352 g/mol. The van der Waals surface area contributed by atoms with E-state index in [1.54, 1.807) is 29.6 Å². The first-order valence-corrected chi connectivity index (χ1v) is 8.31. The van der Waals surface area contributed by atoms with Gasteiger partial charge in [0.15, 0.2) is 5.65 Å². The number of carbonyl (C=O) groups is 2. The summed E-state index contributed by atoms with van der Waals surface area (Å²) in [7, 11) is 0. The van der Waals surface area contributed by atoms with Crippen molar-refractivity contribution >= 4 is 23.2 Å². The van der Waals surface area contributed by atoms with Crippen LogP contribution in [-0.2, 0) is 11.2 Å². The van der Waals surface area contributed by atoms with Gasteiger partial charge in [0.1, 0.15) is 5.56 Å². The summed E-state index contributed by atoms with van der Waals surface area (Å²) in [5.41, 5.74) is 4.76. The highest BCUT2D eigenvalue weighted by molar-refractivity contribution is 6.09. The van der Waals surface area contributed by atoms with Crippen LogP contribution in [0, 0.1) is 20.8 Å². The Morgan fingerprint density at radius 2 is 1.96 bits per heavy atom. The lowest BCUT2D eigenvalue weighted by molar-refractivity contribution is -0.136. The van der Waals surface area contributed by atoms with Crippen LogP contribution in [0.25, 0.3) is 5.65 Å². The fourth-order valence-electron chi connectivity index (χ4n) is 2.94. The Morgan fingerprint density at radius 1 is 1.19 bits per heavy atom. The van der Waals surface area contributed by atoms with Crippen molar-refractivity contribution in [2.24, 2.45) is 0 Å². The van der Waals surface area contributed by atoms with E-state index in [0.29, 0.717) is 29.0 Å². The van der Waals surface area contributed by atoms with E-state index in [0.717, 1.165) is 17.0 Å². The van der Waals surface area contributed by atoms with Gasteiger partial charge in [-0.25, -0.2) is 9.50 Å². The van der Waals surface area contributed by atoms with Crippen LogP contribution in [0.4, 0.5) is 5.69 Å². The van der Waals surface area contributed by atoms with Crippen LogP contribution in [0.1, 0.15) is 39.4 Å². The van der Waals surface area contributed by atoms with Gasteiger partial charge in [0.25, 0.3) is 5.91 Å². The van der Waals surface area contributed by atoms with Crippen molar-refractivity contribution < 1.29 is 14.7 Å². The molecule has 0 saturated heterocycles. The number of rotatable bonds is 5. The number of fused-ring (bicyclic) bond motifs is 1. The van der Waals surface area contributed by atoms with Crippen molar-refractivity contribution in [2.45, 2.75) is 33.6 Å². The van der Waals surface area contributed by atoms with E-state index in [1.165, 1.54) is 0 Å². The second kappa shape index (κ2) is 6.95. The minimum absolute atomic E-state index is 0.0486. The Balaban J connectivity index is 1.89. The standard InChI is InChI=1S/C19H20N4O3/c1-11-9-12(2)23-18(20-11)17(13(3)22-23)19(26)21-15-6-4-5-14(10-15)7-8-16(24)25/h4-6,9-10H,7-8H2,1-3H3,(H,21,26)(H,24,25). The smallest absolute Gasteiger partial charge is 0.303 e. The molecule has 2 aromatic heterocycles. The predicted octanol–water partition coefficient (Wildman–Crippen LogP) is 2.92. The topological polar surface area (TPSA) is 96.6 Å². The van der Waals surface area contributed by atoms with Gasteiger partial charge in [-0.3, -0.25) is 9.59 Å². The minimum atomic E-state index is -0.849. The molecule has 0 atom stereocenters. The number of anilines is 1. The molecule has 0 aliphatic heterocycles. The van der Waals surface area contributed by atoms with Gasteiger partial charge in [-0.05, 0) is 51.0 Å². The molecule has 0 spiro atoms. The summed E-state index contributed by atoms with van der Waals surface area (Å²) in [4.78, 5) is 28.0.